The minimum Gasteiger partial charge on any atom is -0.478 e. The van der Waals surface area contributed by atoms with Crippen LogP contribution in [-0.2, 0) is 28.7 Å². The molecule has 0 aromatic carbocycles. The maximum atomic E-state index is 9.60. The minimum atomic E-state index is -0.935. The van der Waals surface area contributed by atoms with Gasteiger partial charge in [0, 0.05) is 35.5 Å². The standard InChI is InChI=1S/C6H14O4.4C4H6O2.C4H10O2/c7-1-3-9-5-6-10-4-2-8;4*1-3(2)4(5)6;5-3-1-2-4-6/h7-8H,1-6H2;4*1H2,2H3,(H,5,6);5-6H,1-4H2. The Morgan fingerprint density at radius 1 is 0.450 bits per heavy atom. The van der Waals surface area contributed by atoms with Crippen LogP contribution in [0.5, 0.6) is 0 Å². The first kappa shape index (κ1) is 49.5. The van der Waals surface area contributed by atoms with E-state index in [9.17, 15) is 19.2 Å². The molecule has 0 aliphatic rings. The molecule has 0 atom stereocenters. The van der Waals surface area contributed by atoms with Gasteiger partial charge in [-0.1, -0.05) is 26.3 Å². The maximum absolute atomic E-state index is 9.60. The van der Waals surface area contributed by atoms with Crippen LogP contribution in [0.4, 0.5) is 0 Å². The van der Waals surface area contributed by atoms with Gasteiger partial charge in [-0.3, -0.25) is 0 Å². The summed E-state index contributed by atoms with van der Waals surface area (Å²) in [4.78, 5) is 38.4. The number of ether oxygens (including phenoxy) is 2. The summed E-state index contributed by atoms with van der Waals surface area (Å²) < 4.78 is 9.75. The molecule has 0 saturated carbocycles. The molecule has 0 aliphatic heterocycles. The molecule has 0 fully saturated rings. The maximum Gasteiger partial charge on any atom is 0.330 e. The average molecular weight is 585 g/mol. The van der Waals surface area contributed by atoms with Crippen molar-refractivity contribution in [2.45, 2.75) is 40.5 Å². The Labute approximate surface area is 235 Å². The molecule has 0 amide bonds. The Morgan fingerprint density at radius 2 is 0.625 bits per heavy atom. The van der Waals surface area contributed by atoms with Crippen LogP contribution in [0.15, 0.2) is 48.6 Å². The highest BCUT2D eigenvalue weighted by molar-refractivity contribution is 5.85. The Morgan fingerprint density at radius 3 is 0.725 bits per heavy atom. The molecule has 8 N–H and O–H groups in total. The molecule has 0 saturated heterocycles. The molecule has 40 heavy (non-hydrogen) atoms. The second kappa shape index (κ2) is 40.1. The predicted octanol–water partition coefficient (Wildman–Crippen LogP) is 1.34. The number of unbranched alkanes of at least 4 members (excludes halogenated alkanes) is 1. The van der Waals surface area contributed by atoms with Crippen molar-refractivity contribution in [3.05, 3.63) is 48.6 Å². The number of rotatable bonds is 14. The Hall–Kier alpha value is -3.40. The van der Waals surface area contributed by atoms with E-state index < -0.39 is 23.9 Å². The Kier molecular flexibility index (Phi) is 49.7. The first-order valence-electron chi connectivity index (χ1n) is 11.5. The summed E-state index contributed by atoms with van der Waals surface area (Å²) in [6, 6.07) is 0. The lowest BCUT2D eigenvalue weighted by Gasteiger charge is -2.01. The summed E-state index contributed by atoms with van der Waals surface area (Å²) in [6.45, 7) is 20.5. The average Bonchev–Trinajstić information content (AvgIpc) is 2.86. The number of hydrogen-bond acceptors (Lipinski definition) is 10. The number of aliphatic hydroxyl groups excluding tert-OH is 4. The van der Waals surface area contributed by atoms with Gasteiger partial charge in [-0.2, -0.15) is 0 Å². The lowest BCUT2D eigenvalue weighted by atomic mass is 10.3. The van der Waals surface area contributed by atoms with E-state index in [1.165, 1.54) is 27.7 Å². The predicted molar refractivity (Wildman–Crippen MR) is 149 cm³/mol. The molecule has 0 rings (SSSR count). The van der Waals surface area contributed by atoms with Gasteiger partial charge in [0.05, 0.1) is 39.6 Å². The molecule has 236 valence electrons. The van der Waals surface area contributed by atoms with Gasteiger partial charge in [-0.25, -0.2) is 19.2 Å². The van der Waals surface area contributed by atoms with E-state index in [0.29, 0.717) is 26.4 Å². The lowest BCUT2D eigenvalue weighted by molar-refractivity contribution is -0.133. The van der Waals surface area contributed by atoms with Gasteiger partial charge in [0.15, 0.2) is 0 Å². The third-order valence-electron chi connectivity index (χ3n) is 2.87. The summed E-state index contributed by atoms with van der Waals surface area (Å²) in [6.07, 6.45) is 1.44. The quantitative estimate of drug-likeness (QED) is 0.106. The Balaban J connectivity index is -0.0000000880. The fraction of sp³-hybridized carbons (Fsp3) is 0.538. The largest absolute Gasteiger partial charge is 0.478 e. The zero-order valence-electron chi connectivity index (χ0n) is 23.9. The van der Waals surface area contributed by atoms with E-state index in [-0.39, 0.29) is 48.7 Å². The summed E-state index contributed by atoms with van der Waals surface area (Å²) in [7, 11) is 0. The van der Waals surface area contributed by atoms with Crippen LogP contribution in [0, 0.1) is 0 Å². The summed E-state index contributed by atoms with van der Waals surface area (Å²) >= 11 is 0. The van der Waals surface area contributed by atoms with Crippen molar-refractivity contribution >= 4 is 23.9 Å². The van der Waals surface area contributed by atoms with Gasteiger partial charge < -0.3 is 50.3 Å². The van der Waals surface area contributed by atoms with Crippen molar-refractivity contribution in [2.75, 3.05) is 52.9 Å². The third-order valence-corrected chi connectivity index (χ3v) is 2.87. The topological polar surface area (TPSA) is 249 Å². The molecule has 14 heteroatoms. The minimum absolute atomic E-state index is 0.0417. The molecule has 0 radical (unpaired) electrons. The highest BCUT2D eigenvalue weighted by atomic mass is 16.5. The highest BCUT2D eigenvalue weighted by Gasteiger charge is 1.92. The molecule has 0 aliphatic carbocycles. The van der Waals surface area contributed by atoms with E-state index in [4.69, 9.17) is 50.3 Å². The van der Waals surface area contributed by atoms with E-state index in [1.54, 1.807) is 0 Å². The molecule has 0 aromatic heterocycles. The zero-order valence-corrected chi connectivity index (χ0v) is 23.9. The molecular formula is C26H48O14. The molecule has 0 unspecified atom stereocenters. The van der Waals surface area contributed by atoms with Gasteiger partial charge in [-0.05, 0) is 40.5 Å². The highest BCUT2D eigenvalue weighted by Crippen LogP contribution is 1.83. The number of carboxylic acid groups (broad SMARTS) is 4. The van der Waals surface area contributed by atoms with Crippen molar-refractivity contribution in [3.8, 4) is 0 Å². The van der Waals surface area contributed by atoms with E-state index in [1.807, 2.05) is 0 Å². The van der Waals surface area contributed by atoms with Crippen molar-refractivity contribution < 1.29 is 69.5 Å². The molecule has 0 spiro atoms. The molecular weight excluding hydrogens is 536 g/mol. The van der Waals surface area contributed by atoms with Crippen molar-refractivity contribution in [3.63, 3.8) is 0 Å². The van der Waals surface area contributed by atoms with Gasteiger partial charge >= 0.3 is 23.9 Å². The van der Waals surface area contributed by atoms with Crippen LogP contribution < -0.4 is 0 Å². The van der Waals surface area contributed by atoms with Crippen molar-refractivity contribution in [1.29, 1.82) is 0 Å². The smallest absolute Gasteiger partial charge is 0.330 e. The lowest BCUT2D eigenvalue weighted by Crippen LogP contribution is -2.09. The van der Waals surface area contributed by atoms with Gasteiger partial charge in [-0.15, -0.1) is 0 Å². The summed E-state index contributed by atoms with van der Waals surface area (Å²) in [5.74, 6) is -3.74. The van der Waals surface area contributed by atoms with Crippen molar-refractivity contribution in [1.82, 2.24) is 0 Å². The van der Waals surface area contributed by atoms with Crippen LogP contribution in [0.25, 0.3) is 0 Å². The number of carboxylic acids is 4. The number of aliphatic carboxylic acids is 4. The zero-order chi connectivity index (χ0) is 33.1. The van der Waals surface area contributed by atoms with Gasteiger partial charge in [0.1, 0.15) is 0 Å². The fourth-order valence-electron chi connectivity index (χ4n) is 0.675. The van der Waals surface area contributed by atoms with E-state index >= 15 is 0 Å². The third kappa shape index (κ3) is 76.5. The first-order valence-corrected chi connectivity index (χ1v) is 11.5. The van der Waals surface area contributed by atoms with E-state index in [2.05, 4.69) is 26.3 Å². The monoisotopic (exact) mass is 584 g/mol. The van der Waals surface area contributed by atoms with Crippen LogP contribution in [0.3, 0.4) is 0 Å². The Bertz CT molecular complexity index is 558. The van der Waals surface area contributed by atoms with E-state index in [0.717, 1.165) is 12.8 Å². The SMILES string of the molecule is C=C(C)C(=O)O.C=C(C)C(=O)O.C=C(C)C(=O)O.C=C(C)C(=O)O.OCCCCO.OCCOCCOCCO. The van der Waals surface area contributed by atoms with Crippen LogP contribution in [-0.4, -0.2) is 118 Å². The molecule has 14 nitrogen and oxygen atoms in total. The fourth-order valence-corrected chi connectivity index (χ4v) is 0.675. The summed E-state index contributed by atoms with van der Waals surface area (Å²) in [5.41, 5.74) is 0.704. The first-order chi connectivity index (χ1) is 18.4. The van der Waals surface area contributed by atoms with Crippen LogP contribution in [0.1, 0.15) is 40.5 Å². The number of aliphatic hydroxyl groups is 4. The number of hydrogen-bond donors (Lipinski definition) is 8. The van der Waals surface area contributed by atoms with Crippen LogP contribution in [0.2, 0.25) is 0 Å². The molecule has 0 bridgehead atoms. The van der Waals surface area contributed by atoms with Crippen LogP contribution >= 0.6 is 0 Å². The van der Waals surface area contributed by atoms with Gasteiger partial charge in [0.25, 0.3) is 0 Å². The van der Waals surface area contributed by atoms with Crippen molar-refractivity contribution in [2.24, 2.45) is 0 Å². The summed E-state index contributed by atoms with van der Waals surface area (Å²) in [5, 5.41) is 64.3. The second-order valence-electron chi connectivity index (χ2n) is 7.17. The number of carbonyl (C=O) groups is 4. The van der Waals surface area contributed by atoms with Gasteiger partial charge in [0.2, 0.25) is 0 Å². The normalized spacial score (nSPS) is 8.40. The molecule has 0 aromatic rings. The second-order valence-corrected chi connectivity index (χ2v) is 7.17. The molecule has 0 heterocycles.